The van der Waals surface area contributed by atoms with Crippen molar-refractivity contribution in [2.75, 3.05) is 25.0 Å². The molecule has 0 aliphatic rings. The molecule has 0 saturated heterocycles. The van der Waals surface area contributed by atoms with E-state index in [1.54, 1.807) is 81.6 Å². The van der Waals surface area contributed by atoms with Crippen LogP contribution in [-0.4, -0.2) is 51.9 Å². The summed E-state index contributed by atoms with van der Waals surface area (Å²) in [5.41, 5.74) is 1.68. The van der Waals surface area contributed by atoms with Gasteiger partial charge in [-0.3, -0.25) is 13.9 Å². The summed E-state index contributed by atoms with van der Waals surface area (Å²) in [6.07, 6.45) is 0.340. The highest BCUT2D eigenvalue weighted by Gasteiger charge is 2.33. The Morgan fingerprint density at radius 3 is 2.24 bits per heavy atom. The summed E-state index contributed by atoms with van der Waals surface area (Å²) in [5.74, 6) is -0.206. The zero-order chi connectivity index (χ0) is 27.9. The van der Waals surface area contributed by atoms with Gasteiger partial charge in [0, 0.05) is 18.6 Å². The van der Waals surface area contributed by atoms with Gasteiger partial charge in [-0.15, -0.1) is 0 Å². The van der Waals surface area contributed by atoms with Gasteiger partial charge < -0.3 is 15.0 Å². The second kappa shape index (κ2) is 12.8. The number of likely N-dealkylation sites (N-methyl/N-ethyl adjacent to an activating group) is 1. The SMILES string of the molecule is CCC(C(=O)NC)N(Cc1ccc(OC)cc1)C(=O)CN(c1ccc(Cl)cc1C)S(=O)(=O)c1ccccc1. The third kappa shape index (κ3) is 6.65. The van der Waals surface area contributed by atoms with Gasteiger partial charge in [-0.25, -0.2) is 8.42 Å². The van der Waals surface area contributed by atoms with Gasteiger partial charge in [0.2, 0.25) is 11.8 Å². The minimum absolute atomic E-state index is 0.0437. The van der Waals surface area contributed by atoms with E-state index in [1.807, 2.05) is 0 Å². The van der Waals surface area contributed by atoms with Crippen LogP contribution in [0.25, 0.3) is 0 Å². The number of halogens is 1. The van der Waals surface area contributed by atoms with Crippen LogP contribution >= 0.6 is 11.6 Å². The fourth-order valence-corrected chi connectivity index (χ4v) is 5.87. The Bertz CT molecular complexity index is 1360. The molecule has 38 heavy (non-hydrogen) atoms. The minimum Gasteiger partial charge on any atom is -0.497 e. The molecule has 0 bridgehead atoms. The van der Waals surface area contributed by atoms with Gasteiger partial charge >= 0.3 is 0 Å². The number of hydrogen-bond donors (Lipinski definition) is 1. The topological polar surface area (TPSA) is 96.0 Å². The molecule has 10 heteroatoms. The van der Waals surface area contributed by atoms with Crippen LogP contribution in [0.3, 0.4) is 0 Å². The molecule has 0 fully saturated rings. The Balaban J connectivity index is 2.07. The molecule has 1 N–H and O–H groups in total. The number of nitrogens with zero attached hydrogens (tertiary/aromatic N) is 2. The number of nitrogens with one attached hydrogen (secondary N) is 1. The number of anilines is 1. The Morgan fingerprint density at radius 2 is 1.68 bits per heavy atom. The third-order valence-corrected chi connectivity index (χ3v) is 8.19. The number of benzene rings is 3. The van der Waals surface area contributed by atoms with Crippen molar-refractivity contribution in [1.29, 1.82) is 0 Å². The lowest BCUT2D eigenvalue weighted by atomic mass is 10.1. The van der Waals surface area contributed by atoms with Crippen LogP contribution in [0.15, 0.2) is 77.7 Å². The number of carbonyl (C=O) groups is 2. The van der Waals surface area contributed by atoms with E-state index < -0.39 is 28.5 Å². The zero-order valence-corrected chi connectivity index (χ0v) is 23.4. The summed E-state index contributed by atoms with van der Waals surface area (Å²) in [5, 5.41) is 3.06. The maximum Gasteiger partial charge on any atom is 0.264 e. The van der Waals surface area contributed by atoms with Crippen LogP contribution in [0.4, 0.5) is 5.69 Å². The second-order valence-corrected chi connectivity index (χ2v) is 11.0. The molecule has 8 nitrogen and oxygen atoms in total. The Hall–Kier alpha value is -3.56. The Kier molecular flexibility index (Phi) is 9.77. The van der Waals surface area contributed by atoms with Crippen molar-refractivity contribution in [1.82, 2.24) is 10.2 Å². The number of amides is 2. The van der Waals surface area contributed by atoms with Gasteiger partial charge in [-0.1, -0.05) is 48.9 Å². The molecule has 0 aliphatic carbocycles. The molecule has 0 saturated carbocycles. The van der Waals surface area contributed by atoms with E-state index in [2.05, 4.69) is 5.32 Å². The number of hydrogen-bond acceptors (Lipinski definition) is 5. The first-order chi connectivity index (χ1) is 18.1. The molecule has 0 aliphatic heterocycles. The van der Waals surface area contributed by atoms with Crippen molar-refractivity contribution in [2.24, 2.45) is 0 Å². The fourth-order valence-electron chi connectivity index (χ4n) is 4.15. The van der Waals surface area contributed by atoms with Gasteiger partial charge in [0.05, 0.1) is 17.7 Å². The van der Waals surface area contributed by atoms with E-state index in [4.69, 9.17) is 16.3 Å². The highest BCUT2D eigenvalue weighted by Crippen LogP contribution is 2.29. The summed E-state index contributed by atoms with van der Waals surface area (Å²) in [7, 11) is -1.07. The molecular formula is C28H32ClN3O5S. The Morgan fingerprint density at radius 1 is 1.03 bits per heavy atom. The first kappa shape index (κ1) is 29.0. The van der Waals surface area contributed by atoms with Crippen LogP contribution in [0, 0.1) is 6.92 Å². The molecule has 1 unspecified atom stereocenters. The predicted molar refractivity (Wildman–Crippen MR) is 149 cm³/mol. The van der Waals surface area contributed by atoms with Gasteiger partial charge in [0.15, 0.2) is 0 Å². The van der Waals surface area contributed by atoms with Crippen molar-refractivity contribution in [3.8, 4) is 5.75 Å². The first-order valence-electron chi connectivity index (χ1n) is 12.1. The van der Waals surface area contributed by atoms with Crippen LogP contribution in [0.2, 0.25) is 5.02 Å². The van der Waals surface area contributed by atoms with Crippen LogP contribution in [0.1, 0.15) is 24.5 Å². The molecule has 0 spiro atoms. The highest BCUT2D eigenvalue weighted by atomic mass is 35.5. The molecule has 0 aromatic heterocycles. The predicted octanol–water partition coefficient (Wildman–Crippen LogP) is 4.41. The second-order valence-electron chi connectivity index (χ2n) is 8.66. The summed E-state index contributed by atoms with van der Waals surface area (Å²) in [4.78, 5) is 28.2. The molecule has 202 valence electrons. The lowest BCUT2D eigenvalue weighted by molar-refractivity contribution is -0.140. The zero-order valence-electron chi connectivity index (χ0n) is 21.8. The van der Waals surface area contributed by atoms with E-state index in [0.29, 0.717) is 28.4 Å². The van der Waals surface area contributed by atoms with E-state index >= 15 is 0 Å². The van der Waals surface area contributed by atoms with E-state index in [1.165, 1.54) is 24.1 Å². The van der Waals surface area contributed by atoms with Gasteiger partial charge in [-0.05, 0) is 66.9 Å². The van der Waals surface area contributed by atoms with Crippen molar-refractivity contribution in [2.45, 2.75) is 37.8 Å². The van der Waals surface area contributed by atoms with Crippen LogP contribution in [0.5, 0.6) is 5.75 Å². The summed E-state index contributed by atoms with van der Waals surface area (Å²) in [6.45, 7) is 3.13. The molecule has 3 aromatic rings. The monoisotopic (exact) mass is 557 g/mol. The van der Waals surface area contributed by atoms with Crippen molar-refractivity contribution in [3.05, 3.63) is 88.9 Å². The molecule has 0 heterocycles. The summed E-state index contributed by atoms with van der Waals surface area (Å²) in [6, 6.07) is 19.1. The summed E-state index contributed by atoms with van der Waals surface area (Å²) < 4.78 is 33.9. The normalized spacial score (nSPS) is 11.9. The number of rotatable bonds is 11. The number of ether oxygens (including phenoxy) is 1. The first-order valence-corrected chi connectivity index (χ1v) is 13.9. The van der Waals surface area contributed by atoms with Crippen molar-refractivity contribution < 1.29 is 22.7 Å². The molecule has 2 amide bonds. The number of carbonyl (C=O) groups excluding carboxylic acids is 2. The van der Waals surface area contributed by atoms with Crippen molar-refractivity contribution >= 4 is 39.1 Å². The molecular weight excluding hydrogens is 526 g/mol. The lowest BCUT2D eigenvalue weighted by Crippen LogP contribution is -2.51. The van der Waals surface area contributed by atoms with E-state index in [9.17, 15) is 18.0 Å². The standard InChI is InChI=1S/C28H32ClN3O5S/c1-5-25(28(34)30-3)31(18-21-11-14-23(37-4)15-12-21)27(33)19-32(26-16-13-22(29)17-20(26)2)38(35,36)24-9-7-6-8-10-24/h6-17,25H,5,18-19H2,1-4H3,(H,30,34). The van der Waals surface area contributed by atoms with Gasteiger partial charge in [-0.2, -0.15) is 0 Å². The molecule has 1 atom stereocenters. The maximum atomic E-state index is 13.9. The van der Waals surface area contributed by atoms with Crippen molar-refractivity contribution in [3.63, 3.8) is 0 Å². The average Bonchev–Trinajstić information content (AvgIpc) is 2.92. The molecule has 3 rings (SSSR count). The number of sulfonamides is 1. The molecule has 0 radical (unpaired) electrons. The van der Waals surface area contributed by atoms with Crippen LogP contribution < -0.4 is 14.4 Å². The molecule has 3 aromatic carbocycles. The average molecular weight is 558 g/mol. The number of methoxy groups -OCH3 is 1. The minimum atomic E-state index is -4.13. The largest absolute Gasteiger partial charge is 0.497 e. The fraction of sp³-hybridized carbons (Fsp3) is 0.286. The number of aryl methyl sites for hydroxylation is 1. The smallest absolute Gasteiger partial charge is 0.264 e. The van der Waals surface area contributed by atoms with Gasteiger partial charge in [0.25, 0.3) is 10.0 Å². The highest BCUT2D eigenvalue weighted by molar-refractivity contribution is 7.92. The third-order valence-electron chi connectivity index (χ3n) is 6.18. The van der Waals surface area contributed by atoms with Crippen LogP contribution in [-0.2, 0) is 26.2 Å². The van der Waals surface area contributed by atoms with E-state index in [0.717, 1.165) is 9.87 Å². The quantitative estimate of drug-likeness (QED) is 0.377. The maximum absolute atomic E-state index is 13.9. The van der Waals surface area contributed by atoms with E-state index in [-0.39, 0.29) is 17.3 Å². The summed E-state index contributed by atoms with van der Waals surface area (Å²) >= 11 is 6.14. The van der Waals surface area contributed by atoms with Gasteiger partial charge in [0.1, 0.15) is 18.3 Å². The lowest BCUT2D eigenvalue weighted by Gasteiger charge is -2.33. The Labute approximate surface area is 229 Å².